The Morgan fingerprint density at radius 3 is 2.88 bits per heavy atom. The zero-order valence-electron chi connectivity index (χ0n) is 12.4. The number of aliphatic hydroxyl groups excluding tert-OH is 2. The van der Waals surface area contributed by atoms with Crippen LogP contribution >= 0.6 is 20.0 Å². The van der Waals surface area contributed by atoms with Crippen molar-refractivity contribution < 1.29 is 38.4 Å². The predicted molar refractivity (Wildman–Crippen MR) is 80.0 cm³/mol. The Bertz CT molecular complexity index is 864. The number of phosphoric acid groups is 1. The standard InChI is InChI=1S/C11H15N4O7PS/c1-14-4-15(9-6(14)10(24)13-3-12-9)11-8(17)7(16)5(22-11)2-21-23(18,19)20/h3-5,7-8,11,16-17H,2H2,1H3,(H2-,12,13,18,19,20,24)/p+1/t5-,7-,8-,11-/m1/s1. The number of hydrogen-bond acceptors (Lipinski definition) is 7. The third kappa shape index (κ3) is 3.15. The van der Waals surface area contributed by atoms with Crippen molar-refractivity contribution in [3.05, 3.63) is 17.3 Å². The molecule has 3 heterocycles. The zero-order valence-corrected chi connectivity index (χ0v) is 14.1. The molecule has 0 aromatic carbocycles. The molecule has 1 saturated heterocycles. The third-order valence-corrected chi connectivity index (χ3v) is 4.52. The van der Waals surface area contributed by atoms with Crippen molar-refractivity contribution in [2.75, 3.05) is 6.61 Å². The SMILES string of the molecule is Cn1c[n+]([C@@H]2O[C@H](COP(=O)(O)O)[C@@H](O)[C@H]2O)c2[nH]cnc(=S)c21. The first-order valence-corrected chi connectivity index (χ1v) is 8.78. The summed E-state index contributed by atoms with van der Waals surface area (Å²) < 4.78 is 24.2. The Labute approximate surface area is 140 Å². The summed E-state index contributed by atoms with van der Waals surface area (Å²) in [4.78, 5) is 24.4. The van der Waals surface area contributed by atoms with E-state index in [1.165, 1.54) is 10.9 Å². The first-order chi connectivity index (χ1) is 11.2. The van der Waals surface area contributed by atoms with Crippen LogP contribution in [-0.2, 0) is 20.9 Å². The molecule has 0 unspecified atom stereocenters. The van der Waals surface area contributed by atoms with Gasteiger partial charge >= 0.3 is 7.82 Å². The van der Waals surface area contributed by atoms with Crippen LogP contribution in [-0.4, -0.2) is 59.5 Å². The molecule has 3 rings (SSSR count). The average molecular weight is 379 g/mol. The van der Waals surface area contributed by atoms with Gasteiger partial charge in [0, 0.05) is 0 Å². The lowest BCUT2D eigenvalue weighted by molar-refractivity contribution is -0.745. The maximum atomic E-state index is 10.8. The second-order valence-electron chi connectivity index (χ2n) is 5.37. The van der Waals surface area contributed by atoms with E-state index in [0.717, 1.165) is 0 Å². The highest BCUT2D eigenvalue weighted by atomic mass is 32.1. The average Bonchev–Trinajstić information content (AvgIpc) is 2.96. The molecule has 0 aliphatic carbocycles. The van der Waals surface area contributed by atoms with Gasteiger partial charge in [0.1, 0.15) is 18.3 Å². The molecule has 0 saturated carbocycles. The summed E-state index contributed by atoms with van der Waals surface area (Å²) in [5, 5.41) is 20.3. The van der Waals surface area contributed by atoms with Gasteiger partial charge in [-0.1, -0.05) is 12.2 Å². The van der Waals surface area contributed by atoms with E-state index in [-0.39, 0.29) is 0 Å². The molecule has 2 aromatic heterocycles. The van der Waals surface area contributed by atoms with Crippen LogP contribution in [0.3, 0.4) is 0 Å². The summed E-state index contributed by atoms with van der Waals surface area (Å²) in [6.45, 7) is -0.568. The van der Waals surface area contributed by atoms with E-state index in [1.807, 2.05) is 0 Å². The van der Waals surface area contributed by atoms with Crippen LogP contribution in [0, 0.1) is 4.64 Å². The molecule has 0 spiro atoms. The smallest absolute Gasteiger partial charge is 0.387 e. The van der Waals surface area contributed by atoms with Gasteiger partial charge in [-0.25, -0.2) is 14.1 Å². The number of rotatable bonds is 4. The highest BCUT2D eigenvalue weighted by Gasteiger charge is 2.47. The Kier molecular flexibility index (Phi) is 4.57. The summed E-state index contributed by atoms with van der Waals surface area (Å²) in [6.07, 6.45) is -1.82. The van der Waals surface area contributed by atoms with Crippen molar-refractivity contribution in [1.82, 2.24) is 14.5 Å². The maximum absolute atomic E-state index is 10.8. The first-order valence-electron chi connectivity index (χ1n) is 6.84. The number of aliphatic hydroxyl groups is 2. The fourth-order valence-corrected chi connectivity index (χ4v) is 3.29. The summed E-state index contributed by atoms with van der Waals surface area (Å²) in [5.74, 6) is 0. The molecule has 13 heteroatoms. The number of H-pyrrole nitrogens is 1. The van der Waals surface area contributed by atoms with Crippen LogP contribution in [0.2, 0.25) is 0 Å². The van der Waals surface area contributed by atoms with E-state index >= 15 is 0 Å². The predicted octanol–water partition coefficient (Wildman–Crippen LogP) is -1.35. The first kappa shape index (κ1) is 17.6. The summed E-state index contributed by atoms with van der Waals surface area (Å²) in [7, 11) is -2.98. The van der Waals surface area contributed by atoms with Gasteiger partial charge in [0.2, 0.25) is 11.7 Å². The fourth-order valence-electron chi connectivity index (χ4n) is 2.66. The van der Waals surface area contributed by atoms with Crippen LogP contribution in [0.4, 0.5) is 0 Å². The lowest BCUT2D eigenvalue weighted by Gasteiger charge is -2.14. The Morgan fingerprint density at radius 2 is 2.21 bits per heavy atom. The summed E-state index contributed by atoms with van der Waals surface area (Å²) >= 11 is 5.16. The molecule has 0 amide bonds. The molecular weight excluding hydrogens is 363 g/mol. The van der Waals surface area contributed by atoms with E-state index in [9.17, 15) is 14.8 Å². The quantitative estimate of drug-likeness (QED) is 0.246. The van der Waals surface area contributed by atoms with Gasteiger partial charge in [-0.2, -0.15) is 0 Å². The van der Waals surface area contributed by atoms with Gasteiger partial charge in [-0.05, 0) is 0 Å². The van der Waals surface area contributed by atoms with Crippen molar-refractivity contribution in [2.45, 2.75) is 24.5 Å². The largest absolute Gasteiger partial charge is 0.469 e. The van der Waals surface area contributed by atoms with E-state index in [2.05, 4.69) is 14.5 Å². The Morgan fingerprint density at radius 1 is 1.50 bits per heavy atom. The fraction of sp³-hybridized carbons (Fsp3) is 0.545. The van der Waals surface area contributed by atoms with Crippen LogP contribution in [0.1, 0.15) is 6.23 Å². The van der Waals surface area contributed by atoms with Gasteiger partial charge in [0.15, 0.2) is 17.3 Å². The van der Waals surface area contributed by atoms with Gasteiger partial charge < -0.3 is 24.7 Å². The Balaban J connectivity index is 1.92. The monoisotopic (exact) mass is 379 g/mol. The van der Waals surface area contributed by atoms with Gasteiger partial charge in [-0.3, -0.25) is 14.1 Å². The lowest BCUT2D eigenvalue weighted by atomic mass is 10.1. The van der Waals surface area contributed by atoms with Crippen molar-refractivity contribution in [1.29, 1.82) is 0 Å². The van der Waals surface area contributed by atoms with Crippen LogP contribution in [0.5, 0.6) is 0 Å². The minimum absolute atomic E-state index is 0.347. The van der Waals surface area contributed by atoms with Gasteiger partial charge in [-0.15, -0.1) is 0 Å². The molecule has 132 valence electrons. The topological polar surface area (TPSA) is 154 Å². The van der Waals surface area contributed by atoms with Crippen LogP contribution in [0.25, 0.3) is 11.2 Å². The van der Waals surface area contributed by atoms with E-state index in [4.69, 9.17) is 26.7 Å². The lowest BCUT2D eigenvalue weighted by Crippen LogP contribution is -2.45. The molecule has 24 heavy (non-hydrogen) atoms. The van der Waals surface area contributed by atoms with E-state index < -0.39 is 39.0 Å². The number of ether oxygens (including phenoxy) is 1. The maximum Gasteiger partial charge on any atom is 0.469 e. The number of fused-ring (bicyclic) bond motifs is 1. The molecule has 5 N–H and O–H groups in total. The Hall–Kier alpha value is -1.24. The van der Waals surface area contributed by atoms with Crippen LogP contribution in [0.15, 0.2) is 12.7 Å². The number of aromatic amines is 1. The molecule has 0 radical (unpaired) electrons. The molecular formula is C11H16N4O7PS+. The normalized spacial score (nSPS) is 27.9. The van der Waals surface area contributed by atoms with Gasteiger partial charge in [0.25, 0.3) is 5.65 Å². The second-order valence-corrected chi connectivity index (χ2v) is 7.00. The van der Waals surface area contributed by atoms with E-state index in [0.29, 0.717) is 15.8 Å². The second kappa shape index (κ2) is 6.24. The van der Waals surface area contributed by atoms with Crippen LogP contribution < -0.4 is 4.57 Å². The van der Waals surface area contributed by atoms with Crippen molar-refractivity contribution in [3.63, 3.8) is 0 Å². The summed E-state index contributed by atoms with van der Waals surface area (Å²) in [6, 6.07) is 0. The number of aromatic nitrogens is 4. The number of phosphoric ester groups is 1. The number of nitrogens with zero attached hydrogens (tertiary/aromatic N) is 3. The highest BCUT2D eigenvalue weighted by Crippen LogP contribution is 2.37. The highest BCUT2D eigenvalue weighted by molar-refractivity contribution is 7.71. The minimum Gasteiger partial charge on any atom is -0.387 e. The van der Waals surface area contributed by atoms with Crippen molar-refractivity contribution in [3.8, 4) is 0 Å². The van der Waals surface area contributed by atoms with E-state index in [1.54, 1.807) is 17.9 Å². The van der Waals surface area contributed by atoms with Crippen molar-refractivity contribution >= 4 is 31.2 Å². The van der Waals surface area contributed by atoms with Crippen molar-refractivity contribution in [2.24, 2.45) is 7.05 Å². The molecule has 11 nitrogen and oxygen atoms in total. The molecule has 1 fully saturated rings. The molecule has 2 aromatic rings. The minimum atomic E-state index is -4.71. The number of hydrogen-bond donors (Lipinski definition) is 5. The molecule has 0 bridgehead atoms. The third-order valence-electron chi connectivity index (χ3n) is 3.74. The number of imidazole rings is 1. The molecule has 1 aliphatic heterocycles. The molecule has 4 atom stereocenters. The summed E-state index contributed by atoms with van der Waals surface area (Å²) in [5.41, 5.74) is 1.12. The zero-order chi connectivity index (χ0) is 17.6. The number of aryl methyl sites for hydroxylation is 1. The number of nitrogens with one attached hydrogen (secondary N) is 1. The molecule has 1 aliphatic rings. The van der Waals surface area contributed by atoms with Gasteiger partial charge in [0.05, 0.1) is 13.7 Å².